The van der Waals surface area contributed by atoms with Gasteiger partial charge in [0.25, 0.3) is 0 Å². The van der Waals surface area contributed by atoms with Crippen LogP contribution in [0.1, 0.15) is 18.9 Å². The maximum Gasteiger partial charge on any atom is 0.175 e. The number of nitrogens with one attached hydrogen (secondary N) is 1. The summed E-state index contributed by atoms with van der Waals surface area (Å²) in [5.74, 6) is 0. The minimum absolute atomic E-state index is 0.230. The summed E-state index contributed by atoms with van der Waals surface area (Å²) in [4.78, 5) is 0.230. The molecule has 1 aromatic carbocycles. The van der Waals surface area contributed by atoms with Gasteiger partial charge in [0.05, 0.1) is 11.0 Å². The fourth-order valence-corrected chi connectivity index (χ4v) is 2.82. The van der Waals surface area contributed by atoms with Gasteiger partial charge in [0, 0.05) is 29.9 Å². The molecule has 0 aromatic heterocycles. The highest BCUT2D eigenvalue weighted by Crippen LogP contribution is 2.23. The first-order valence-electron chi connectivity index (χ1n) is 5.72. The van der Waals surface area contributed by atoms with Crippen molar-refractivity contribution in [1.82, 2.24) is 5.32 Å². The molecule has 4 nitrogen and oxygen atoms in total. The van der Waals surface area contributed by atoms with E-state index >= 15 is 0 Å². The molecule has 1 unspecified atom stereocenters. The molecule has 2 N–H and O–H groups in total. The molecule has 0 aliphatic carbocycles. The summed E-state index contributed by atoms with van der Waals surface area (Å²) in [5, 5.41) is 12.8. The number of hydrogen-bond donors (Lipinski definition) is 2. The van der Waals surface area contributed by atoms with Crippen LogP contribution in [0.4, 0.5) is 0 Å². The zero-order chi connectivity index (χ0) is 13.8. The van der Waals surface area contributed by atoms with Gasteiger partial charge in [-0.05, 0) is 18.6 Å². The summed E-state index contributed by atoms with van der Waals surface area (Å²) < 4.78 is 23.2. The largest absolute Gasteiger partial charge is 0.392 e. The van der Waals surface area contributed by atoms with Crippen molar-refractivity contribution in [3.63, 3.8) is 0 Å². The van der Waals surface area contributed by atoms with Gasteiger partial charge in [0.15, 0.2) is 9.84 Å². The van der Waals surface area contributed by atoms with Gasteiger partial charge in [-0.15, -0.1) is 0 Å². The molecule has 6 heteroatoms. The van der Waals surface area contributed by atoms with Gasteiger partial charge in [-0.1, -0.05) is 24.6 Å². The Kier molecular flexibility index (Phi) is 5.59. The van der Waals surface area contributed by atoms with Crippen LogP contribution in [0.25, 0.3) is 0 Å². The molecule has 0 amide bonds. The fraction of sp³-hybridized carbons (Fsp3) is 0.500. The lowest BCUT2D eigenvalue weighted by atomic mass is 10.2. The SMILES string of the molecule is CCC(O)CNCc1c(Cl)cccc1S(C)(=O)=O. The van der Waals surface area contributed by atoms with Crippen LogP contribution < -0.4 is 5.32 Å². The van der Waals surface area contributed by atoms with E-state index in [1.807, 2.05) is 6.92 Å². The lowest BCUT2D eigenvalue weighted by Crippen LogP contribution is -2.26. The Labute approximate surface area is 113 Å². The van der Waals surface area contributed by atoms with E-state index in [4.69, 9.17) is 11.6 Å². The summed E-state index contributed by atoms with van der Waals surface area (Å²) in [7, 11) is -3.30. The quantitative estimate of drug-likeness (QED) is 0.835. The maximum absolute atomic E-state index is 11.6. The molecule has 102 valence electrons. The smallest absolute Gasteiger partial charge is 0.175 e. The van der Waals surface area contributed by atoms with Crippen molar-refractivity contribution in [3.8, 4) is 0 Å². The number of aliphatic hydroxyl groups is 1. The molecule has 0 bridgehead atoms. The van der Waals surface area contributed by atoms with Crippen molar-refractivity contribution in [2.75, 3.05) is 12.8 Å². The van der Waals surface area contributed by atoms with Crippen LogP contribution in [0.3, 0.4) is 0 Å². The number of aliphatic hydroxyl groups excluding tert-OH is 1. The molecule has 0 fully saturated rings. The second-order valence-corrected chi connectivity index (χ2v) is 6.57. The van der Waals surface area contributed by atoms with Gasteiger partial charge in [-0.25, -0.2) is 8.42 Å². The first-order valence-corrected chi connectivity index (χ1v) is 7.99. The van der Waals surface area contributed by atoms with E-state index < -0.39 is 15.9 Å². The highest BCUT2D eigenvalue weighted by molar-refractivity contribution is 7.90. The van der Waals surface area contributed by atoms with Crippen LogP contribution in [0.5, 0.6) is 0 Å². The van der Waals surface area contributed by atoms with Crippen molar-refractivity contribution in [3.05, 3.63) is 28.8 Å². The second-order valence-electron chi connectivity index (χ2n) is 4.18. The summed E-state index contributed by atoms with van der Waals surface area (Å²) in [5.41, 5.74) is 0.546. The van der Waals surface area contributed by atoms with E-state index in [1.54, 1.807) is 12.1 Å². The van der Waals surface area contributed by atoms with Crippen molar-refractivity contribution >= 4 is 21.4 Å². The van der Waals surface area contributed by atoms with E-state index in [0.717, 1.165) is 6.26 Å². The summed E-state index contributed by atoms with van der Waals surface area (Å²) in [6.07, 6.45) is 1.37. The van der Waals surface area contributed by atoms with Gasteiger partial charge in [-0.2, -0.15) is 0 Å². The van der Waals surface area contributed by atoms with Crippen LogP contribution in [-0.2, 0) is 16.4 Å². The van der Waals surface area contributed by atoms with E-state index in [-0.39, 0.29) is 4.90 Å². The number of halogens is 1. The molecule has 0 spiro atoms. The van der Waals surface area contributed by atoms with Crippen LogP contribution in [-0.4, -0.2) is 32.4 Å². The Hall–Kier alpha value is -0.620. The van der Waals surface area contributed by atoms with Crippen LogP contribution in [0.2, 0.25) is 5.02 Å². The zero-order valence-electron chi connectivity index (χ0n) is 10.5. The Balaban J connectivity index is 2.88. The Morgan fingerprint density at radius 3 is 2.67 bits per heavy atom. The van der Waals surface area contributed by atoms with E-state index in [1.165, 1.54) is 6.07 Å². The maximum atomic E-state index is 11.6. The van der Waals surface area contributed by atoms with E-state index in [9.17, 15) is 13.5 Å². The monoisotopic (exact) mass is 291 g/mol. The fourth-order valence-electron chi connectivity index (χ4n) is 1.57. The third kappa shape index (κ3) is 4.24. The third-order valence-electron chi connectivity index (χ3n) is 2.63. The summed E-state index contributed by atoms with van der Waals surface area (Å²) >= 11 is 6.02. The number of sulfone groups is 1. The Bertz CT molecular complexity index is 502. The number of hydrogen-bond acceptors (Lipinski definition) is 4. The predicted octanol–water partition coefficient (Wildman–Crippen LogP) is 1.60. The summed E-state index contributed by atoms with van der Waals surface area (Å²) in [6, 6.07) is 4.81. The van der Waals surface area contributed by atoms with Crippen molar-refractivity contribution in [1.29, 1.82) is 0 Å². The highest BCUT2D eigenvalue weighted by Gasteiger charge is 2.15. The number of benzene rings is 1. The van der Waals surface area contributed by atoms with Crippen LogP contribution in [0, 0.1) is 0 Å². The number of rotatable bonds is 6. The minimum atomic E-state index is -3.30. The van der Waals surface area contributed by atoms with E-state index in [0.29, 0.717) is 30.1 Å². The predicted molar refractivity (Wildman–Crippen MR) is 72.6 cm³/mol. The average molecular weight is 292 g/mol. The Morgan fingerprint density at radius 1 is 1.44 bits per heavy atom. The van der Waals surface area contributed by atoms with Crippen molar-refractivity contribution < 1.29 is 13.5 Å². The average Bonchev–Trinajstić information content (AvgIpc) is 2.29. The molecule has 0 saturated heterocycles. The standard InChI is InChI=1S/C12H18ClNO3S/c1-3-9(15)7-14-8-10-11(13)5-4-6-12(10)18(2,16)17/h4-6,9,14-15H,3,7-8H2,1-2H3. The summed E-state index contributed by atoms with van der Waals surface area (Å²) in [6.45, 7) is 2.60. The van der Waals surface area contributed by atoms with Gasteiger partial charge >= 0.3 is 0 Å². The topological polar surface area (TPSA) is 66.4 Å². The molecule has 0 radical (unpaired) electrons. The molecule has 1 aromatic rings. The molecule has 0 saturated carbocycles. The van der Waals surface area contributed by atoms with Crippen molar-refractivity contribution in [2.24, 2.45) is 0 Å². The molecule has 0 aliphatic heterocycles. The molecule has 1 atom stereocenters. The van der Waals surface area contributed by atoms with Gasteiger partial charge in [-0.3, -0.25) is 0 Å². The lowest BCUT2D eigenvalue weighted by Gasteiger charge is -2.13. The minimum Gasteiger partial charge on any atom is -0.392 e. The molecule has 18 heavy (non-hydrogen) atoms. The van der Waals surface area contributed by atoms with Gasteiger partial charge < -0.3 is 10.4 Å². The first-order chi connectivity index (χ1) is 8.36. The first kappa shape index (κ1) is 15.4. The van der Waals surface area contributed by atoms with Crippen LogP contribution in [0.15, 0.2) is 23.1 Å². The van der Waals surface area contributed by atoms with Crippen molar-refractivity contribution in [2.45, 2.75) is 30.9 Å². The third-order valence-corrected chi connectivity index (χ3v) is 4.16. The highest BCUT2D eigenvalue weighted by atomic mass is 35.5. The molecule has 0 heterocycles. The molecular formula is C12H18ClNO3S. The zero-order valence-corrected chi connectivity index (χ0v) is 12.1. The second kappa shape index (κ2) is 6.52. The normalized spacial score (nSPS) is 13.6. The van der Waals surface area contributed by atoms with Gasteiger partial charge in [0.1, 0.15) is 0 Å². The van der Waals surface area contributed by atoms with E-state index in [2.05, 4.69) is 5.32 Å². The molecule has 1 rings (SSSR count). The molecule has 0 aliphatic rings. The molecular weight excluding hydrogens is 274 g/mol. The van der Waals surface area contributed by atoms with Gasteiger partial charge in [0.2, 0.25) is 0 Å². The Morgan fingerprint density at radius 2 is 2.11 bits per heavy atom. The van der Waals surface area contributed by atoms with Crippen LogP contribution >= 0.6 is 11.6 Å². The lowest BCUT2D eigenvalue weighted by molar-refractivity contribution is 0.167.